The third kappa shape index (κ3) is 3.47. The number of nitrogens with zero attached hydrogens (tertiary/aromatic N) is 3. The van der Waals surface area contributed by atoms with Crippen LogP contribution in [0.5, 0.6) is 11.5 Å². The van der Waals surface area contributed by atoms with Gasteiger partial charge in [0.25, 0.3) is 0 Å². The van der Waals surface area contributed by atoms with E-state index in [0.717, 1.165) is 28.9 Å². The number of methoxy groups -OCH3 is 2. The van der Waals surface area contributed by atoms with Crippen molar-refractivity contribution in [1.29, 1.82) is 0 Å². The van der Waals surface area contributed by atoms with Gasteiger partial charge in [-0.05, 0) is 24.8 Å². The van der Waals surface area contributed by atoms with E-state index in [-0.39, 0.29) is 12.5 Å². The number of benzene rings is 1. The van der Waals surface area contributed by atoms with Gasteiger partial charge in [0.15, 0.2) is 0 Å². The standard InChI is InChI=1S/C20H22N4O3S/c1-24(10-17(25)23-12-7-13(26-2)9-14(8-12)27-3)19-18-15-5-4-6-16(15)28-20(18)22-11-21-19/h7-9,11H,4-6,10H2,1-3H3,(H,23,25). The zero-order valence-electron chi connectivity index (χ0n) is 16.1. The summed E-state index contributed by atoms with van der Waals surface area (Å²) in [6.45, 7) is 0.177. The molecule has 1 amide bonds. The summed E-state index contributed by atoms with van der Waals surface area (Å²) < 4.78 is 10.5. The average Bonchev–Trinajstić information content (AvgIpc) is 3.28. The summed E-state index contributed by atoms with van der Waals surface area (Å²) in [6.07, 6.45) is 4.91. The van der Waals surface area contributed by atoms with Gasteiger partial charge >= 0.3 is 0 Å². The molecule has 1 aromatic carbocycles. The predicted octanol–water partition coefficient (Wildman–Crippen LogP) is 3.27. The van der Waals surface area contributed by atoms with Crippen LogP contribution in [0.15, 0.2) is 24.5 Å². The van der Waals surface area contributed by atoms with Crippen LogP contribution >= 0.6 is 11.3 Å². The van der Waals surface area contributed by atoms with E-state index in [1.165, 1.54) is 16.9 Å². The fourth-order valence-electron chi connectivity index (χ4n) is 3.57. The third-order valence-corrected chi connectivity index (χ3v) is 6.06. The lowest BCUT2D eigenvalue weighted by Gasteiger charge is -2.19. The van der Waals surface area contributed by atoms with E-state index < -0.39 is 0 Å². The first-order valence-electron chi connectivity index (χ1n) is 9.08. The van der Waals surface area contributed by atoms with Crippen LogP contribution in [0.3, 0.4) is 0 Å². The molecule has 1 aliphatic carbocycles. The predicted molar refractivity (Wildman–Crippen MR) is 111 cm³/mol. The maximum atomic E-state index is 12.6. The van der Waals surface area contributed by atoms with Crippen molar-refractivity contribution in [3.8, 4) is 11.5 Å². The number of anilines is 2. The van der Waals surface area contributed by atoms with Gasteiger partial charge in [-0.3, -0.25) is 4.79 Å². The van der Waals surface area contributed by atoms with Crippen LogP contribution in [0.4, 0.5) is 11.5 Å². The van der Waals surface area contributed by atoms with E-state index in [2.05, 4.69) is 15.3 Å². The van der Waals surface area contributed by atoms with E-state index in [4.69, 9.17) is 9.47 Å². The molecule has 0 saturated heterocycles. The molecule has 0 saturated carbocycles. The molecule has 4 rings (SSSR count). The second kappa shape index (κ2) is 7.63. The number of likely N-dealkylation sites (N-methyl/N-ethyl adjacent to an activating group) is 1. The molecule has 0 bridgehead atoms. The Hall–Kier alpha value is -2.87. The van der Waals surface area contributed by atoms with Gasteiger partial charge < -0.3 is 19.7 Å². The Bertz CT molecular complexity index is 1010. The number of fused-ring (bicyclic) bond motifs is 3. The lowest BCUT2D eigenvalue weighted by Crippen LogP contribution is -2.30. The monoisotopic (exact) mass is 398 g/mol. The molecule has 0 unspecified atom stereocenters. The number of ether oxygens (including phenoxy) is 2. The summed E-state index contributed by atoms with van der Waals surface area (Å²) in [5, 5.41) is 4.00. The van der Waals surface area contributed by atoms with Crippen molar-refractivity contribution >= 4 is 39.0 Å². The third-order valence-electron chi connectivity index (χ3n) is 4.86. The van der Waals surface area contributed by atoms with E-state index in [0.29, 0.717) is 17.2 Å². The number of aromatic nitrogens is 2. The second-order valence-corrected chi connectivity index (χ2v) is 7.82. The Morgan fingerprint density at radius 2 is 1.93 bits per heavy atom. The van der Waals surface area contributed by atoms with Crippen molar-refractivity contribution < 1.29 is 14.3 Å². The Balaban J connectivity index is 1.54. The maximum Gasteiger partial charge on any atom is 0.243 e. The fourth-order valence-corrected chi connectivity index (χ4v) is 4.80. The van der Waals surface area contributed by atoms with Crippen LogP contribution in [-0.2, 0) is 17.6 Å². The fraction of sp³-hybridized carbons (Fsp3) is 0.350. The van der Waals surface area contributed by atoms with Crippen LogP contribution in [-0.4, -0.2) is 43.7 Å². The molecule has 2 aromatic heterocycles. The highest BCUT2D eigenvalue weighted by Crippen LogP contribution is 2.39. The molecule has 0 aliphatic heterocycles. The van der Waals surface area contributed by atoms with Gasteiger partial charge in [0.1, 0.15) is 28.5 Å². The number of hydrogen-bond acceptors (Lipinski definition) is 7. The Labute approximate surface area is 167 Å². The second-order valence-electron chi connectivity index (χ2n) is 6.74. The Morgan fingerprint density at radius 1 is 1.18 bits per heavy atom. The number of aryl methyl sites for hydroxylation is 2. The first kappa shape index (κ1) is 18.5. The topological polar surface area (TPSA) is 76.6 Å². The molecule has 0 spiro atoms. The summed E-state index contributed by atoms with van der Waals surface area (Å²) in [7, 11) is 5.04. The summed E-state index contributed by atoms with van der Waals surface area (Å²) in [4.78, 5) is 25.8. The average molecular weight is 398 g/mol. The summed E-state index contributed by atoms with van der Waals surface area (Å²) >= 11 is 1.74. The van der Waals surface area contributed by atoms with Gasteiger partial charge in [-0.2, -0.15) is 0 Å². The number of hydrogen-bond donors (Lipinski definition) is 1. The van der Waals surface area contributed by atoms with E-state index in [9.17, 15) is 4.79 Å². The molecular formula is C20H22N4O3S. The molecule has 2 heterocycles. The maximum absolute atomic E-state index is 12.6. The first-order chi connectivity index (χ1) is 13.6. The number of rotatable bonds is 6. The van der Waals surface area contributed by atoms with Gasteiger partial charge in [-0.1, -0.05) is 0 Å². The molecule has 0 fully saturated rings. The minimum Gasteiger partial charge on any atom is -0.497 e. The molecule has 1 N–H and O–H groups in total. The Morgan fingerprint density at radius 3 is 2.64 bits per heavy atom. The van der Waals surface area contributed by atoms with Crippen molar-refractivity contribution in [3.05, 3.63) is 35.0 Å². The summed E-state index contributed by atoms with van der Waals surface area (Å²) in [5.41, 5.74) is 1.97. The number of nitrogens with one attached hydrogen (secondary N) is 1. The zero-order valence-corrected chi connectivity index (χ0v) is 16.9. The van der Waals surface area contributed by atoms with Gasteiger partial charge in [-0.25, -0.2) is 9.97 Å². The van der Waals surface area contributed by atoms with Gasteiger partial charge in [-0.15, -0.1) is 11.3 Å². The van der Waals surface area contributed by atoms with E-state index in [1.54, 1.807) is 50.1 Å². The van der Waals surface area contributed by atoms with Crippen molar-refractivity contribution in [2.24, 2.45) is 0 Å². The molecule has 1 aliphatic rings. The normalized spacial score (nSPS) is 12.7. The van der Waals surface area contributed by atoms with Crippen LogP contribution < -0.4 is 19.7 Å². The lowest BCUT2D eigenvalue weighted by molar-refractivity contribution is -0.114. The Kier molecular flexibility index (Phi) is 5.04. The summed E-state index contributed by atoms with van der Waals surface area (Å²) in [6, 6.07) is 5.28. The van der Waals surface area contributed by atoms with Crippen LogP contribution in [0.2, 0.25) is 0 Å². The molecule has 0 radical (unpaired) electrons. The molecule has 7 nitrogen and oxygen atoms in total. The molecule has 0 atom stereocenters. The van der Waals surface area contributed by atoms with Crippen LogP contribution in [0.1, 0.15) is 16.9 Å². The number of thiophene rings is 1. The van der Waals surface area contributed by atoms with Crippen molar-refractivity contribution in [3.63, 3.8) is 0 Å². The highest BCUT2D eigenvalue weighted by Gasteiger charge is 2.23. The largest absolute Gasteiger partial charge is 0.497 e. The van der Waals surface area contributed by atoms with Gasteiger partial charge in [0.05, 0.1) is 26.2 Å². The SMILES string of the molecule is COc1cc(NC(=O)CN(C)c2ncnc3sc4c(c23)CCC4)cc(OC)c1. The minimum absolute atomic E-state index is 0.142. The van der Waals surface area contributed by atoms with Gasteiger partial charge in [0.2, 0.25) is 5.91 Å². The molecule has 3 aromatic rings. The minimum atomic E-state index is -0.142. The number of amides is 1. The first-order valence-corrected chi connectivity index (χ1v) is 9.90. The number of carbonyl (C=O) groups is 1. The molecule has 8 heteroatoms. The molecule has 28 heavy (non-hydrogen) atoms. The van der Waals surface area contributed by atoms with Crippen molar-refractivity contribution in [2.45, 2.75) is 19.3 Å². The quantitative estimate of drug-likeness (QED) is 0.687. The van der Waals surface area contributed by atoms with Crippen molar-refractivity contribution in [2.75, 3.05) is 38.0 Å². The zero-order chi connectivity index (χ0) is 19.7. The van der Waals surface area contributed by atoms with Crippen molar-refractivity contribution in [1.82, 2.24) is 9.97 Å². The van der Waals surface area contributed by atoms with Gasteiger partial charge in [0, 0.05) is 35.8 Å². The summed E-state index contributed by atoms with van der Waals surface area (Å²) in [5.74, 6) is 1.91. The number of carbonyl (C=O) groups excluding carboxylic acids is 1. The highest BCUT2D eigenvalue weighted by atomic mass is 32.1. The smallest absolute Gasteiger partial charge is 0.243 e. The van der Waals surface area contributed by atoms with Crippen LogP contribution in [0.25, 0.3) is 10.2 Å². The highest BCUT2D eigenvalue weighted by molar-refractivity contribution is 7.19. The molecular weight excluding hydrogens is 376 g/mol. The lowest BCUT2D eigenvalue weighted by atomic mass is 10.2. The van der Waals surface area contributed by atoms with E-state index in [1.807, 2.05) is 11.9 Å². The van der Waals surface area contributed by atoms with Crippen LogP contribution in [0, 0.1) is 0 Å². The molecule has 146 valence electrons. The van der Waals surface area contributed by atoms with E-state index >= 15 is 0 Å².